The van der Waals surface area contributed by atoms with E-state index in [0.29, 0.717) is 17.6 Å². The summed E-state index contributed by atoms with van der Waals surface area (Å²) in [5, 5.41) is 2.24. The van der Waals surface area contributed by atoms with Crippen molar-refractivity contribution in [3.05, 3.63) is 54.1 Å². The molecule has 0 fully saturated rings. The van der Waals surface area contributed by atoms with Crippen molar-refractivity contribution in [1.82, 2.24) is 0 Å². The maximum Gasteiger partial charge on any atom is 0.351 e. The molecule has 1 amide bonds. The van der Waals surface area contributed by atoms with Gasteiger partial charge in [0.15, 0.2) is 18.1 Å². The smallest absolute Gasteiger partial charge is 0.351 e. The van der Waals surface area contributed by atoms with Gasteiger partial charge in [-0.3, -0.25) is 4.79 Å². The molecule has 0 radical (unpaired) electrons. The van der Waals surface area contributed by atoms with Crippen LogP contribution in [0, 0.1) is 11.6 Å². The van der Waals surface area contributed by atoms with E-state index < -0.39 is 42.3 Å². The molecule has 0 saturated carbocycles. The highest BCUT2D eigenvalue weighted by Crippen LogP contribution is 2.33. The minimum absolute atomic E-state index is 0.0805. The molecule has 2 aromatic carbocycles. The highest BCUT2D eigenvalue weighted by atomic mass is 19.1. The number of fused-ring (bicyclic) bond motifs is 1. The predicted octanol–water partition coefficient (Wildman–Crippen LogP) is 2.68. The first-order valence-electron chi connectivity index (χ1n) is 7.77. The molecular formula is C18H15F2NO5. The standard InChI is InChI=1S/C18H15F2NO5/c1-10-17(26-15-5-3-2-4-14(15)25-10)18(23)24-9-16(22)21-13-7-11(19)6-12(20)8-13/h2-8,10,17H,9H2,1H3,(H,21,22). The zero-order valence-corrected chi connectivity index (χ0v) is 13.7. The Kier molecular flexibility index (Phi) is 5.01. The molecule has 0 spiro atoms. The van der Waals surface area contributed by atoms with Gasteiger partial charge in [0.05, 0.1) is 0 Å². The highest BCUT2D eigenvalue weighted by molar-refractivity contribution is 5.93. The summed E-state index contributed by atoms with van der Waals surface area (Å²) >= 11 is 0. The topological polar surface area (TPSA) is 73.9 Å². The lowest BCUT2D eigenvalue weighted by Crippen LogP contribution is -2.45. The van der Waals surface area contributed by atoms with Gasteiger partial charge >= 0.3 is 5.97 Å². The molecule has 2 atom stereocenters. The Morgan fingerprint density at radius 2 is 1.69 bits per heavy atom. The van der Waals surface area contributed by atoms with Crippen LogP contribution in [-0.2, 0) is 14.3 Å². The van der Waals surface area contributed by atoms with E-state index in [4.69, 9.17) is 14.2 Å². The first-order chi connectivity index (χ1) is 12.4. The van der Waals surface area contributed by atoms with E-state index in [9.17, 15) is 18.4 Å². The van der Waals surface area contributed by atoms with Crippen LogP contribution in [0.15, 0.2) is 42.5 Å². The number of carbonyl (C=O) groups is 2. The molecule has 3 rings (SSSR count). The van der Waals surface area contributed by atoms with E-state index in [-0.39, 0.29) is 5.69 Å². The predicted molar refractivity (Wildman–Crippen MR) is 86.9 cm³/mol. The van der Waals surface area contributed by atoms with E-state index in [1.54, 1.807) is 31.2 Å². The zero-order valence-electron chi connectivity index (χ0n) is 13.7. The number of hydrogen-bond acceptors (Lipinski definition) is 5. The lowest BCUT2D eigenvalue weighted by atomic mass is 10.2. The van der Waals surface area contributed by atoms with Gasteiger partial charge in [-0.1, -0.05) is 12.1 Å². The minimum atomic E-state index is -1.04. The summed E-state index contributed by atoms with van der Waals surface area (Å²) in [6.07, 6.45) is -1.65. The molecule has 1 N–H and O–H groups in total. The molecule has 1 aliphatic rings. The van der Waals surface area contributed by atoms with Crippen molar-refractivity contribution in [2.24, 2.45) is 0 Å². The maximum absolute atomic E-state index is 13.1. The molecule has 2 unspecified atom stereocenters. The Morgan fingerprint density at radius 3 is 2.35 bits per heavy atom. The van der Waals surface area contributed by atoms with E-state index in [2.05, 4.69) is 5.32 Å². The van der Waals surface area contributed by atoms with Gasteiger partial charge in [0, 0.05) is 11.8 Å². The fourth-order valence-corrected chi connectivity index (χ4v) is 2.42. The molecule has 8 heteroatoms. The monoisotopic (exact) mass is 363 g/mol. The number of hydrogen-bond donors (Lipinski definition) is 1. The molecule has 0 aliphatic carbocycles. The summed E-state index contributed by atoms with van der Waals surface area (Å²) in [6.45, 7) is 1.00. The normalized spacial score (nSPS) is 18.1. The average Bonchev–Trinajstić information content (AvgIpc) is 2.58. The Hall–Kier alpha value is -3.16. The molecule has 1 aliphatic heterocycles. The van der Waals surface area contributed by atoms with E-state index in [0.717, 1.165) is 12.1 Å². The van der Waals surface area contributed by atoms with Gasteiger partial charge in [-0.25, -0.2) is 13.6 Å². The van der Waals surface area contributed by atoms with Crippen molar-refractivity contribution in [3.63, 3.8) is 0 Å². The fraction of sp³-hybridized carbons (Fsp3) is 0.222. The number of benzene rings is 2. The summed E-state index contributed by atoms with van der Waals surface area (Å²) in [5.41, 5.74) is -0.0805. The third-order valence-corrected chi connectivity index (χ3v) is 3.57. The second-order valence-corrected chi connectivity index (χ2v) is 5.62. The van der Waals surface area contributed by atoms with Crippen molar-refractivity contribution >= 4 is 17.6 Å². The summed E-state index contributed by atoms with van der Waals surface area (Å²) < 4.78 is 42.2. The van der Waals surface area contributed by atoms with Gasteiger partial charge in [0.2, 0.25) is 6.10 Å². The first-order valence-corrected chi connectivity index (χ1v) is 7.77. The van der Waals surface area contributed by atoms with Crippen LogP contribution >= 0.6 is 0 Å². The van der Waals surface area contributed by atoms with Gasteiger partial charge < -0.3 is 19.5 Å². The van der Waals surface area contributed by atoms with Crippen LogP contribution in [0.2, 0.25) is 0 Å². The van der Waals surface area contributed by atoms with Gasteiger partial charge in [-0.2, -0.15) is 0 Å². The second kappa shape index (κ2) is 7.38. The SMILES string of the molecule is CC1Oc2ccccc2OC1C(=O)OCC(=O)Nc1cc(F)cc(F)c1. The quantitative estimate of drug-likeness (QED) is 0.846. The minimum Gasteiger partial charge on any atom is -0.482 e. The number of amides is 1. The molecular weight excluding hydrogens is 348 g/mol. The third-order valence-electron chi connectivity index (χ3n) is 3.57. The lowest BCUT2D eigenvalue weighted by Gasteiger charge is -2.30. The van der Waals surface area contributed by atoms with Crippen molar-refractivity contribution in [2.75, 3.05) is 11.9 Å². The van der Waals surface area contributed by atoms with E-state index in [1.807, 2.05) is 0 Å². The summed E-state index contributed by atoms with van der Waals surface area (Å²) in [6, 6.07) is 9.42. The molecule has 1 heterocycles. The fourth-order valence-electron chi connectivity index (χ4n) is 2.42. The van der Waals surface area contributed by atoms with Crippen LogP contribution in [0.3, 0.4) is 0 Å². The Bertz CT molecular complexity index is 822. The van der Waals surface area contributed by atoms with Crippen molar-refractivity contribution < 1.29 is 32.6 Å². The number of ether oxygens (including phenoxy) is 3. The average molecular weight is 363 g/mol. The Morgan fingerprint density at radius 1 is 1.08 bits per heavy atom. The number of carbonyl (C=O) groups excluding carboxylic acids is 2. The maximum atomic E-state index is 13.1. The largest absolute Gasteiger partial charge is 0.482 e. The molecule has 0 aromatic heterocycles. The molecule has 2 aromatic rings. The lowest BCUT2D eigenvalue weighted by molar-refractivity contribution is -0.159. The summed E-state index contributed by atoms with van der Waals surface area (Å²) in [4.78, 5) is 24.0. The van der Waals surface area contributed by atoms with Crippen LogP contribution in [0.4, 0.5) is 14.5 Å². The first kappa shape index (κ1) is 17.7. The summed E-state index contributed by atoms with van der Waals surface area (Å²) in [5.74, 6) is -2.29. The second-order valence-electron chi connectivity index (χ2n) is 5.62. The highest BCUT2D eigenvalue weighted by Gasteiger charge is 2.35. The third kappa shape index (κ3) is 4.08. The van der Waals surface area contributed by atoms with Gasteiger partial charge in [0.25, 0.3) is 5.91 Å². The van der Waals surface area contributed by atoms with Gasteiger partial charge in [-0.15, -0.1) is 0 Å². The molecule has 136 valence electrons. The number of rotatable bonds is 4. The van der Waals surface area contributed by atoms with Crippen LogP contribution in [0.5, 0.6) is 11.5 Å². The number of halogens is 2. The van der Waals surface area contributed by atoms with Crippen LogP contribution in [0.25, 0.3) is 0 Å². The van der Waals surface area contributed by atoms with E-state index >= 15 is 0 Å². The summed E-state index contributed by atoms with van der Waals surface area (Å²) in [7, 11) is 0. The van der Waals surface area contributed by atoms with Crippen LogP contribution in [-0.4, -0.2) is 30.7 Å². The molecule has 0 bridgehead atoms. The number of nitrogens with one attached hydrogen (secondary N) is 1. The number of anilines is 1. The Balaban J connectivity index is 1.56. The van der Waals surface area contributed by atoms with Crippen molar-refractivity contribution in [3.8, 4) is 11.5 Å². The molecule has 0 saturated heterocycles. The van der Waals surface area contributed by atoms with Crippen LogP contribution < -0.4 is 14.8 Å². The Labute approximate surface area is 147 Å². The number of esters is 1. The number of para-hydroxylation sites is 2. The van der Waals surface area contributed by atoms with Gasteiger partial charge in [-0.05, 0) is 31.2 Å². The zero-order chi connectivity index (χ0) is 18.7. The van der Waals surface area contributed by atoms with Gasteiger partial charge in [0.1, 0.15) is 17.7 Å². The van der Waals surface area contributed by atoms with Crippen molar-refractivity contribution in [1.29, 1.82) is 0 Å². The van der Waals surface area contributed by atoms with Crippen LogP contribution in [0.1, 0.15) is 6.92 Å². The van der Waals surface area contributed by atoms with Crippen molar-refractivity contribution in [2.45, 2.75) is 19.1 Å². The van der Waals surface area contributed by atoms with E-state index in [1.165, 1.54) is 0 Å². The molecule has 26 heavy (non-hydrogen) atoms. The molecule has 6 nitrogen and oxygen atoms in total.